The van der Waals surface area contributed by atoms with Gasteiger partial charge in [-0.05, 0) is 42.8 Å². The molecule has 6 heteroatoms. The van der Waals surface area contributed by atoms with E-state index in [1.807, 2.05) is 31.2 Å². The molecule has 0 aliphatic rings. The SMILES string of the molecule is CC(NC(=O)Nc1cc(Cl)cc(Cl)c1)c1ccc(Br)cc1. The van der Waals surface area contributed by atoms with Crippen LogP contribution in [0.3, 0.4) is 0 Å². The summed E-state index contributed by atoms with van der Waals surface area (Å²) in [4.78, 5) is 12.0. The van der Waals surface area contributed by atoms with Crippen LogP contribution >= 0.6 is 39.1 Å². The highest BCUT2D eigenvalue weighted by Gasteiger charge is 2.10. The molecule has 0 saturated carbocycles. The molecule has 0 fully saturated rings. The average molecular weight is 388 g/mol. The fourth-order valence-electron chi connectivity index (χ4n) is 1.82. The van der Waals surface area contributed by atoms with Crippen molar-refractivity contribution in [3.63, 3.8) is 0 Å². The normalized spacial score (nSPS) is 11.8. The van der Waals surface area contributed by atoms with Gasteiger partial charge < -0.3 is 10.6 Å². The van der Waals surface area contributed by atoms with Crippen LogP contribution in [0.25, 0.3) is 0 Å². The van der Waals surface area contributed by atoms with Gasteiger partial charge in [0, 0.05) is 20.2 Å². The van der Waals surface area contributed by atoms with Gasteiger partial charge in [-0.1, -0.05) is 51.3 Å². The Bertz CT molecular complexity index is 626. The van der Waals surface area contributed by atoms with Crippen molar-refractivity contribution in [1.82, 2.24) is 5.32 Å². The van der Waals surface area contributed by atoms with E-state index in [-0.39, 0.29) is 12.1 Å². The van der Waals surface area contributed by atoms with Crippen LogP contribution in [0, 0.1) is 0 Å². The van der Waals surface area contributed by atoms with Gasteiger partial charge in [0.15, 0.2) is 0 Å². The van der Waals surface area contributed by atoms with Gasteiger partial charge in [-0.2, -0.15) is 0 Å². The zero-order valence-electron chi connectivity index (χ0n) is 11.2. The maximum Gasteiger partial charge on any atom is 0.319 e. The van der Waals surface area contributed by atoms with Crippen LogP contribution in [0.1, 0.15) is 18.5 Å². The van der Waals surface area contributed by atoms with E-state index < -0.39 is 0 Å². The summed E-state index contributed by atoms with van der Waals surface area (Å²) in [5.41, 5.74) is 1.56. The lowest BCUT2D eigenvalue weighted by molar-refractivity contribution is 0.249. The minimum Gasteiger partial charge on any atom is -0.331 e. The van der Waals surface area contributed by atoms with Crippen molar-refractivity contribution in [3.05, 3.63) is 62.5 Å². The van der Waals surface area contributed by atoms with Gasteiger partial charge in [-0.25, -0.2) is 4.79 Å². The minimum absolute atomic E-state index is 0.118. The summed E-state index contributed by atoms with van der Waals surface area (Å²) in [7, 11) is 0. The van der Waals surface area contributed by atoms with Crippen LogP contribution in [0.2, 0.25) is 10.0 Å². The summed E-state index contributed by atoms with van der Waals surface area (Å²) >= 11 is 15.2. The zero-order valence-corrected chi connectivity index (χ0v) is 14.3. The van der Waals surface area contributed by atoms with Gasteiger partial charge >= 0.3 is 6.03 Å². The molecule has 2 aromatic carbocycles. The highest BCUT2D eigenvalue weighted by molar-refractivity contribution is 9.10. The van der Waals surface area contributed by atoms with E-state index in [0.29, 0.717) is 15.7 Å². The number of nitrogens with one attached hydrogen (secondary N) is 2. The quantitative estimate of drug-likeness (QED) is 0.702. The van der Waals surface area contributed by atoms with Gasteiger partial charge in [0.25, 0.3) is 0 Å². The number of hydrogen-bond acceptors (Lipinski definition) is 1. The topological polar surface area (TPSA) is 41.1 Å². The average Bonchev–Trinajstić information content (AvgIpc) is 2.37. The largest absolute Gasteiger partial charge is 0.331 e. The third-order valence-corrected chi connectivity index (χ3v) is 3.80. The van der Waals surface area contributed by atoms with Crippen LogP contribution in [0.15, 0.2) is 46.9 Å². The Hall–Kier alpha value is -1.23. The second-order valence-corrected chi connectivity index (χ2v) is 6.32. The molecule has 0 aromatic heterocycles. The van der Waals surface area contributed by atoms with Crippen LogP contribution in [-0.2, 0) is 0 Å². The molecule has 110 valence electrons. The van der Waals surface area contributed by atoms with Crippen LogP contribution < -0.4 is 10.6 Å². The molecule has 0 spiro atoms. The number of anilines is 1. The van der Waals surface area contributed by atoms with E-state index in [0.717, 1.165) is 10.0 Å². The van der Waals surface area contributed by atoms with Crippen LogP contribution in [0.5, 0.6) is 0 Å². The molecule has 0 aliphatic heterocycles. The van der Waals surface area contributed by atoms with Crippen molar-refractivity contribution in [2.24, 2.45) is 0 Å². The van der Waals surface area contributed by atoms with E-state index in [1.54, 1.807) is 18.2 Å². The molecule has 1 atom stereocenters. The lowest BCUT2D eigenvalue weighted by Gasteiger charge is -2.15. The third-order valence-electron chi connectivity index (χ3n) is 2.84. The van der Waals surface area contributed by atoms with E-state index in [9.17, 15) is 4.79 Å². The maximum atomic E-state index is 12.0. The number of rotatable bonds is 3. The molecule has 2 N–H and O–H groups in total. The molecule has 2 amide bonds. The summed E-state index contributed by atoms with van der Waals surface area (Å²) in [6.07, 6.45) is 0. The second kappa shape index (κ2) is 7.16. The van der Waals surface area contributed by atoms with Gasteiger partial charge in [-0.3, -0.25) is 0 Å². The summed E-state index contributed by atoms with van der Waals surface area (Å²) in [6.45, 7) is 1.91. The van der Waals surface area contributed by atoms with Gasteiger partial charge in [0.1, 0.15) is 0 Å². The van der Waals surface area contributed by atoms with E-state index in [1.165, 1.54) is 0 Å². The zero-order chi connectivity index (χ0) is 15.4. The van der Waals surface area contributed by atoms with Crippen molar-refractivity contribution >= 4 is 50.9 Å². The molecule has 1 unspecified atom stereocenters. The predicted octanol–water partition coefficient (Wildman–Crippen LogP) is 5.64. The highest BCUT2D eigenvalue weighted by Crippen LogP contribution is 2.22. The number of urea groups is 1. The monoisotopic (exact) mass is 386 g/mol. The standard InChI is InChI=1S/C15H13BrCl2N2O/c1-9(10-2-4-11(16)5-3-10)19-15(21)20-14-7-12(17)6-13(18)8-14/h2-9H,1H3,(H2,19,20,21). The van der Waals surface area contributed by atoms with Crippen molar-refractivity contribution in [2.45, 2.75) is 13.0 Å². The number of hydrogen-bond donors (Lipinski definition) is 2. The molecule has 2 rings (SSSR count). The first-order chi connectivity index (χ1) is 9.94. The molecule has 0 heterocycles. The summed E-state index contributed by atoms with van der Waals surface area (Å²) in [6, 6.07) is 12.2. The molecule has 21 heavy (non-hydrogen) atoms. The van der Waals surface area contributed by atoms with Gasteiger partial charge in [0.05, 0.1) is 6.04 Å². The fourth-order valence-corrected chi connectivity index (χ4v) is 2.61. The second-order valence-electron chi connectivity index (χ2n) is 4.53. The van der Waals surface area contributed by atoms with Crippen molar-refractivity contribution in [1.29, 1.82) is 0 Å². The maximum absolute atomic E-state index is 12.0. The Morgan fingerprint density at radius 1 is 1.10 bits per heavy atom. The molecule has 2 aromatic rings. The number of benzene rings is 2. The molecule has 3 nitrogen and oxygen atoms in total. The first kappa shape index (κ1) is 16.1. The Labute approximate surface area is 141 Å². The Morgan fingerprint density at radius 2 is 1.67 bits per heavy atom. The summed E-state index contributed by atoms with van der Waals surface area (Å²) in [5.74, 6) is 0. The van der Waals surface area contributed by atoms with Gasteiger partial charge in [0.2, 0.25) is 0 Å². The molecule has 0 bridgehead atoms. The smallest absolute Gasteiger partial charge is 0.319 e. The third kappa shape index (κ3) is 4.92. The minimum atomic E-state index is -0.316. The number of carbonyl (C=O) groups is 1. The molecule has 0 radical (unpaired) electrons. The number of halogens is 3. The lowest BCUT2D eigenvalue weighted by atomic mass is 10.1. The summed E-state index contributed by atoms with van der Waals surface area (Å²) in [5, 5.41) is 6.50. The number of amides is 2. The highest BCUT2D eigenvalue weighted by atomic mass is 79.9. The van der Waals surface area contributed by atoms with E-state index in [4.69, 9.17) is 23.2 Å². The Kier molecular flexibility index (Phi) is 5.51. The van der Waals surface area contributed by atoms with E-state index in [2.05, 4.69) is 26.6 Å². The number of carbonyl (C=O) groups excluding carboxylic acids is 1. The van der Waals surface area contributed by atoms with E-state index >= 15 is 0 Å². The first-order valence-electron chi connectivity index (χ1n) is 6.23. The molecule has 0 saturated heterocycles. The van der Waals surface area contributed by atoms with Crippen LogP contribution in [-0.4, -0.2) is 6.03 Å². The molecular formula is C15H13BrCl2N2O. The van der Waals surface area contributed by atoms with Crippen LogP contribution in [0.4, 0.5) is 10.5 Å². The molecule has 0 aliphatic carbocycles. The van der Waals surface area contributed by atoms with Crippen molar-refractivity contribution in [3.8, 4) is 0 Å². The van der Waals surface area contributed by atoms with Crippen molar-refractivity contribution < 1.29 is 4.79 Å². The lowest BCUT2D eigenvalue weighted by Crippen LogP contribution is -2.31. The fraction of sp³-hybridized carbons (Fsp3) is 0.133. The predicted molar refractivity (Wildman–Crippen MR) is 91.2 cm³/mol. The van der Waals surface area contributed by atoms with Gasteiger partial charge in [-0.15, -0.1) is 0 Å². The Morgan fingerprint density at radius 3 is 2.24 bits per heavy atom. The first-order valence-corrected chi connectivity index (χ1v) is 7.78. The van der Waals surface area contributed by atoms with Crippen molar-refractivity contribution in [2.75, 3.05) is 5.32 Å². The molecular weight excluding hydrogens is 375 g/mol. The summed E-state index contributed by atoms with van der Waals surface area (Å²) < 4.78 is 0.997. The Balaban J connectivity index is 1.99.